The molecule has 3 aromatic rings. The van der Waals surface area contributed by atoms with Gasteiger partial charge in [-0.2, -0.15) is 0 Å². The molecule has 3 heterocycles. The molecule has 0 fully saturated rings. The van der Waals surface area contributed by atoms with Gasteiger partial charge in [0.1, 0.15) is 5.01 Å². The lowest BCUT2D eigenvalue weighted by Crippen LogP contribution is -2.19. The van der Waals surface area contributed by atoms with Gasteiger partial charge in [0.05, 0.1) is 0 Å². The second-order valence-electron chi connectivity index (χ2n) is 5.44. The summed E-state index contributed by atoms with van der Waals surface area (Å²) in [6, 6.07) is 6.58. The van der Waals surface area contributed by atoms with Crippen molar-refractivity contribution in [2.24, 2.45) is 0 Å². The molecule has 0 saturated carbocycles. The van der Waals surface area contributed by atoms with Crippen molar-refractivity contribution < 1.29 is 0 Å². The minimum Gasteiger partial charge on any atom is -0.361 e. The Balaban J connectivity index is 1.84. The van der Waals surface area contributed by atoms with Crippen LogP contribution in [0, 0.1) is 6.92 Å². The van der Waals surface area contributed by atoms with Gasteiger partial charge in [-0.05, 0) is 43.7 Å². The van der Waals surface area contributed by atoms with E-state index in [1.54, 1.807) is 11.3 Å². The van der Waals surface area contributed by atoms with Crippen molar-refractivity contribution in [3.8, 4) is 10.6 Å². The van der Waals surface area contributed by atoms with Crippen LogP contribution in [0.3, 0.4) is 0 Å². The number of aromatic nitrogens is 2. The van der Waals surface area contributed by atoms with Gasteiger partial charge in [0.2, 0.25) is 0 Å². The van der Waals surface area contributed by atoms with Gasteiger partial charge in [-0.3, -0.25) is 0 Å². The normalized spacial score (nSPS) is 15.4. The van der Waals surface area contributed by atoms with Gasteiger partial charge < -0.3 is 10.3 Å². The van der Waals surface area contributed by atoms with Crippen molar-refractivity contribution in [2.45, 2.75) is 13.3 Å². The van der Waals surface area contributed by atoms with Crippen LogP contribution in [0.1, 0.15) is 17.7 Å². The average molecular weight is 295 g/mol. The molecule has 1 aliphatic heterocycles. The largest absolute Gasteiger partial charge is 0.361 e. The Labute approximate surface area is 127 Å². The highest BCUT2D eigenvalue weighted by Gasteiger charge is 2.12. The molecule has 0 spiro atoms. The number of fused-ring (bicyclic) bond motifs is 1. The fraction of sp³-hybridized carbons (Fsp3) is 0.235. The third kappa shape index (κ3) is 2.30. The quantitative estimate of drug-likeness (QED) is 0.751. The minimum atomic E-state index is 0.966. The van der Waals surface area contributed by atoms with E-state index in [0.29, 0.717) is 0 Å². The molecule has 0 aliphatic carbocycles. The number of aromatic amines is 1. The topological polar surface area (TPSA) is 40.7 Å². The van der Waals surface area contributed by atoms with Gasteiger partial charge in [0.15, 0.2) is 0 Å². The molecule has 106 valence electrons. The number of aryl methyl sites for hydroxylation is 1. The summed E-state index contributed by atoms with van der Waals surface area (Å²) >= 11 is 1.71. The van der Waals surface area contributed by atoms with Crippen molar-refractivity contribution in [3.63, 3.8) is 0 Å². The molecule has 3 nitrogen and oxygen atoms in total. The number of thiazole rings is 1. The number of H-pyrrole nitrogens is 1. The predicted octanol–water partition coefficient (Wildman–Crippen LogP) is 3.98. The van der Waals surface area contributed by atoms with E-state index in [-0.39, 0.29) is 0 Å². The third-order valence-electron chi connectivity index (χ3n) is 3.96. The van der Waals surface area contributed by atoms with Crippen molar-refractivity contribution in [3.05, 3.63) is 47.1 Å². The first kappa shape index (κ1) is 12.8. The van der Waals surface area contributed by atoms with E-state index in [1.807, 2.05) is 6.92 Å². The second kappa shape index (κ2) is 5.13. The van der Waals surface area contributed by atoms with Gasteiger partial charge in [0, 0.05) is 45.8 Å². The number of hydrogen-bond donors (Lipinski definition) is 2. The number of nitrogens with zero attached hydrogens (tertiary/aromatic N) is 1. The van der Waals surface area contributed by atoms with Crippen molar-refractivity contribution in [1.29, 1.82) is 0 Å². The van der Waals surface area contributed by atoms with Crippen LogP contribution in [0.5, 0.6) is 0 Å². The maximum absolute atomic E-state index is 4.60. The van der Waals surface area contributed by atoms with Gasteiger partial charge in [-0.1, -0.05) is 6.08 Å². The molecule has 2 N–H and O–H groups in total. The first-order valence-corrected chi connectivity index (χ1v) is 8.13. The van der Waals surface area contributed by atoms with Crippen molar-refractivity contribution in [2.75, 3.05) is 13.1 Å². The van der Waals surface area contributed by atoms with E-state index < -0.39 is 0 Å². The summed E-state index contributed by atoms with van der Waals surface area (Å²) in [6.07, 6.45) is 5.53. The van der Waals surface area contributed by atoms with Crippen LogP contribution < -0.4 is 5.32 Å². The molecule has 0 saturated heterocycles. The highest BCUT2D eigenvalue weighted by molar-refractivity contribution is 7.13. The van der Waals surface area contributed by atoms with E-state index >= 15 is 0 Å². The Bertz CT molecular complexity index is 826. The lowest BCUT2D eigenvalue weighted by molar-refractivity contribution is 0.739. The zero-order valence-corrected chi connectivity index (χ0v) is 12.8. The fourth-order valence-electron chi connectivity index (χ4n) is 2.87. The highest BCUT2D eigenvalue weighted by atomic mass is 32.1. The molecule has 0 bridgehead atoms. The maximum Gasteiger partial charge on any atom is 0.123 e. The van der Waals surface area contributed by atoms with Crippen LogP contribution in [0.15, 0.2) is 35.9 Å². The minimum absolute atomic E-state index is 0.966. The third-order valence-corrected chi connectivity index (χ3v) is 4.97. The summed E-state index contributed by atoms with van der Waals surface area (Å²) < 4.78 is 0. The fourth-order valence-corrected chi connectivity index (χ4v) is 3.67. The van der Waals surface area contributed by atoms with Crippen molar-refractivity contribution >= 4 is 27.8 Å². The molecule has 0 unspecified atom stereocenters. The summed E-state index contributed by atoms with van der Waals surface area (Å²) in [4.78, 5) is 7.99. The smallest absolute Gasteiger partial charge is 0.123 e. The van der Waals surface area contributed by atoms with Crippen LogP contribution in [0.25, 0.3) is 27.0 Å². The Morgan fingerprint density at radius 2 is 2.24 bits per heavy atom. The first-order chi connectivity index (χ1) is 10.3. The summed E-state index contributed by atoms with van der Waals surface area (Å²) in [6.45, 7) is 4.07. The Hall–Kier alpha value is -1.91. The highest BCUT2D eigenvalue weighted by Crippen LogP contribution is 2.32. The van der Waals surface area contributed by atoms with Crippen LogP contribution in [-0.2, 0) is 0 Å². The van der Waals surface area contributed by atoms with E-state index in [0.717, 1.165) is 30.2 Å². The zero-order valence-electron chi connectivity index (χ0n) is 11.9. The molecule has 21 heavy (non-hydrogen) atoms. The summed E-state index contributed by atoms with van der Waals surface area (Å²) in [5.41, 5.74) is 6.26. The number of rotatable bonds is 2. The van der Waals surface area contributed by atoms with E-state index in [2.05, 4.69) is 51.1 Å². The molecule has 0 atom stereocenters. The molecule has 1 aromatic carbocycles. The summed E-state index contributed by atoms with van der Waals surface area (Å²) in [5, 5.41) is 7.87. The Morgan fingerprint density at radius 1 is 1.29 bits per heavy atom. The molecular formula is C17H17N3S. The first-order valence-electron chi connectivity index (χ1n) is 7.25. The SMILES string of the molecule is Cc1csc(-c2ccc3[nH]cc(C4=CCNCC4)c3c2)n1. The Kier molecular flexibility index (Phi) is 3.13. The van der Waals surface area contributed by atoms with Crippen molar-refractivity contribution in [1.82, 2.24) is 15.3 Å². The lowest BCUT2D eigenvalue weighted by atomic mass is 9.99. The molecular weight excluding hydrogens is 278 g/mol. The van der Waals surface area contributed by atoms with Gasteiger partial charge in [-0.15, -0.1) is 11.3 Å². The molecule has 4 heteroatoms. The summed E-state index contributed by atoms with van der Waals surface area (Å²) in [7, 11) is 0. The molecule has 4 rings (SSSR count). The molecule has 2 aromatic heterocycles. The monoisotopic (exact) mass is 295 g/mol. The molecule has 0 radical (unpaired) electrons. The van der Waals surface area contributed by atoms with Gasteiger partial charge in [0.25, 0.3) is 0 Å². The lowest BCUT2D eigenvalue weighted by Gasteiger charge is -2.13. The standard InChI is InChI=1S/C17H17N3S/c1-11-10-21-17(20-11)13-2-3-16-14(8-13)15(9-19-16)12-4-6-18-7-5-12/h2-4,8-10,18-19H,5-7H2,1H3. The average Bonchev–Trinajstić information content (AvgIpc) is 3.13. The van der Waals surface area contributed by atoms with E-state index in [4.69, 9.17) is 0 Å². The zero-order chi connectivity index (χ0) is 14.2. The van der Waals surface area contributed by atoms with Crippen LogP contribution in [-0.4, -0.2) is 23.1 Å². The number of nitrogens with one attached hydrogen (secondary N) is 2. The van der Waals surface area contributed by atoms with Crippen LogP contribution in [0.2, 0.25) is 0 Å². The van der Waals surface area contributed by atoms with E-state index in [1.165, 1.54) is 27.6 Å². The van der Waals surface area contributed by atoms with Gasteiger partial charge >= 0.3 is 0 Å². The Morgan fingerprint density at radius 3 is 3.00 bits per heavy atom. The maximum atomic E-state index is 4.60. The van der Waals surface area contributed by atoms with Crippen LogP contribution in [0.4, 0.5) is 0 Å². The van der Waals surface area contributed by atoms with E-state index in [9.17, 15) is 0 Å². The van der Waals surface area contributed by atoms with Crippen LogP contribution >= 0.6 is 11.3 Å². The second-order valence-corrected chi connectivity index (χ2v) is 6.30. The number of hydrogen-bond acceptors (Lipinski definition) is 3. The predicted molar refractivity (Wildman–Crippen MR) is 89.6 cm³/mol. The molecule has 1 aliphatic rings. The summed E-state index contributed by atoms with van der Waals surface area (Å²) in [5.74, 6) is 0. The van der Waals surface area contributed by atoms with Gasteiger partial charge in [-0.25, -0.2) is 4.98 Å². The number of benzene rings is 1. The molecule has 0 amide bonds.